The van der Waals surface area contributed by atoms with E-state index in [4.69, 9.17) is 21.2 Å². The smallest absolute Gasteiger partial charge is 0.335 e. The van der Waals surface area contributed by atoms with Gasteiger partial charge in [-0.1, -0.05) is 12.8 Å². The number of carbonyl (C=O) groups excluding carboxylic acids is 1. The molecule has 1 saturated heterocycles. The number of nitrogens with one attached hydrogen (secondary N) is 1. The average molecular weight is 367 g/mol. The van der Waals surface area contributed by atoms with Crippen molar-refractivity contribution in [3.05, 3.63) is 11.3 Å². The summed E-state index contributed by atoms with van der Waals surface area (Å²) in [5, 5.41) is 0.124. The van der Waals surface area contributed by atoms with Gasteiger partial charge in [-0.15, -0.1) is 0 Å². The molecular formula is C17H23ClN4O3. The molecule has 4 aliphatic rings. The molecule has 0 radical (unpaired) electrons. The zero-order chi connectivity index (χ0) is 17.2. The molecular weight excluding hydrogens is 344 g/mol. The zero-order valence-corrected chi connectivity index (χ0v) is 14.9. The van der Waals surface area contributed by atoms with E-state index in [0.717, 1.165) is 32.4 Å². The second-order valence-corrected chi connectivity index (χ2v) is 7.46. The summed E-state index contributed by atoms with van der Waals surface area (Å²) in [7, 11) is 0. The monoisotopic (exact) mass is 366 g/mol. The van der Waals surface area contributed by atoms with Crippen LogP contribution in [0.5, 0.6) is 0 Å². The van der Waals surface area contributed by atoms with Crippen LogP contribution < -0.4 is 10.4 Å². The number of morpholine rings is 1. The molecule has 1 atom stereocenters. The van der Waals surface area contributed by atoms with Crippen LogP contribution >= 0.6 is 11.6 Å². The van der Waals surface area contributed by atoms with Gasteiger partial charge in [0.25, 0.3) is 0 Å². The fraction of sp³-hybridized carbons (Fsp3) is 0.706. The van der Waals surface area contributed by atoms with Crippen molar-refractivity contribution in [1.29, 1.82) is 0 Å². The van der Waals surface area contributed by atoms with Gasteiger partial charge < -0.3 is 14.5 Å². The van der Waals surface area contributed by atoms with Gasteiger partial charge in [0.15, 0.2) is 5.82 Å². The lowest BCUT2D eigenvalue weighted by atomic mass is 9.65. The van der Waals surface area contributed by atoms with E-state index in [-0.39, 0.29) is 17.2 Å². The van der Waals surface area contributed by atoms with Crippen molar-refractivity contribution in [2.45, 2.75) is 32.1 Å². The average Bonchev–Trinajstić information content (AvgIpc) is 2.67. The highest BCUT2D eigenvalue weighted by atomic mass is 35.5. The number of ether oxygens (including phenoxy) is 1. The number of nitrogens with zero attached hydrogens (tertiary/aromatic N) is 3. The van der Waals surface area contributed by atoms with Crippen molar-refractivity contribution in [2.24, 2.45) is 17.8 Å². The molecule has 1 aromatic rings. The van der Waals surface area contributed by atoms with E-state index in [2.05, 4.69) is 20.3 Å². The van der Waals surface area contributed by atoms with Crippen LogP contribution in [0, 0.1) is 17.8 Å². The maximum absolute atomic E-state index is 12.4. The van der Waals surface area contributed by atoms with Crippen LogP contribution in [0.25, 0.3) is 0 Å². The van der Waals surface area contributed by atoms with Gasteiger partial charge in [-0.2, -0.15) is 4.98 Å². The summed E-state index contributed by atoms with van der Waals surface area (Å²) in [6.45, 7) is 2.81. The second kappa shape index (κ2) is 7.33. The molecule has 5 rings (SSSR count). The van der Waals surface area contributed by atoms with Gasteiger partial charge in [-0.3, -0.25) is 0 Å². The lowest BCUT2D eigenvalue weighted by molar-refractivity contribution is -0.151. The van der Waals surface area contributed by atoms with Crippen LogP contribution in [-0.4, -0.2) is 42.2 Å². The van der Waals surface area contributed by atoms with E-state index in [9.17, 15) is 4.79 Å². The van der Waals surface area contributed by atoms with E-state index in [1.807, 2.05) is 0 Å². The van der Waals surface area contributed by atoms with Crippen molar-refractivity contribution in [2.75, 3.05) is 36.7 Å². The minimum Gasteiger partial charge on any atom is -0.378 e. The Morgan fingerprint density at radius 1 is 1.24 bits per heavy atom. The predicted molar refractivity (Wildman–Crippen MR) is 93.3 cm³/mol. The van der Waals surface area contributed by atoms with Crippen LogP contribution in [0.1, 0.15) is 32.1 Å². The maximum Gasteiger partial charge on any atom is 0.335 e. The fourth-order valence-electron chi connectivity index (χ4n) is 4.26. The van der Waals surface area contributed by atoms with Crippen LogP contribution in [-0.2, 0) is 14.4 Å². The minimum atomic E-state index is -0.183. The molecule has 1 aromatic heterocycles. The van der Waals surface area contributed by atoms with E-state index >= 15 is 0 Å². The first-order valence-corrected chi connectivity index (χ1v) is 9.41. The highest BCUT2D eigenvalue weighted by molar-refractivity contribution is 6.28. The van der Waals surface area contributed by atoms with Gasteiger partial charge in [0, 0.05) is 19.2 Å². The number of fused-ring (bicyclic) bond motifs is 3. The number of hydrogen-bond acceptors (Lipinski definition) is 7. The van der Waals surface area contributed by atoms with Crippen molar-refractivity contribution in [3.63, 3.8) is 0 Å². The Hall–Kier alpha value is -1.60. The van der Waals surface area contributed by atoms with Crippen molar-refractivity contribution in [1.82, 2.24) is 9.97 Å². The van der Waals surface area contributed by atoms with E-state index in [0.29, 0.717) is 36.7 Å². The Morgan fingerprint density at radius 2 is 2.00 bits per heavy atom. The maximum atomic E-state index is 12.4. The molecule has 2 bridgehead atoms. The summed E-state index contributed by atoms with van der Waals surface area (Å²) in [5.74, 6) is 2.09. The Morgan fingerprint density at radius 3 is 2.68 bits per heavy atom. The quantitative estimate of drug-likeness (QED) is 0.648. The molecule has 0 spiro atoms. The fourth-order valence-corrected chi connectivity index (χ4v) is 4.43. The van der Waals surface area contributed by atoms with Crippen LogP contribution in [0.2, 0.25) is 5.28 Å². The van der Waals surface area contributed by atoms with Crippen molar-refractivity contribution < 1.29 is 14.4 Å². The molecule has 1 unspecified atom stereocenters. The molecule has 4 fully saturated rings. The van der Waals surface area contributed by atoms with Gasteiger partial charge in [0.1, 0.15) is 5.82 Å². The van der Waals surface area contributed by atoms with Crippen LogP contribution in [0.4, 0.5) is 11.6 Å². The van der Waals surface area contributed by atoms with Crippen molar-refractivity contribution >= 4 is 29.2 Å². The highest BCUT2D eigenvalue weighted by Gasteiger charge is 2.40. The Labute approximate surface area is 152 Å². The van der Waals surface area contributed by atoms with E-state index in [1.165, 1.54) is 12.8 Å². The molecule has 25 heavy (non-hydrogen) atoms. The molecule has 2 heterocycles. The Kier molecular flexibility index (Phi) is 4.94. The van der Waals surface area contributed by atoms with Crippen molar-refractivity contribution in [3.8, 4) is 0 Å². The minimum absolute atomic E-state index is 0.0102. The molecule has 3 aliphatic carbocycles. The highest BCUT2D eigenvalue weighted by Crippen LogP contribution is 2.45. The summed E-state index contributed by atoms with van der Waals surface area (Å²) in [4.78, 5) is 28.2. The molecule has 7 nitrogen and oxygen atoms in total. The largest absolute Gasteiger partial charge is 0.378 e. The van der Waals surface area contributed by atoms with Crippen LogP contribution in [0.15, 0.2) is 6.07 Å². The Balaban J connectivity index is 1.39. The molecule has 136 valence electrons. The number of aromatic nitrogens is 2. The number of rotatable bonds is 4. The summed E-state index contributed by atoms with van der Waals surface area (Å²) in [6, 6.07) is 1.75. The molecule has 1 aliphatic heterocycles. The summed E-state index contributed by atoms with van der Waals surface area (Å²) >= 11 is 6.02. The summed E-state index contributed by atoms with van der Waals surface area (Å²) in [6.07, 6.45) is 5.75. The predicted octanol–water partition coefficient (Wildman–Crippen LogP) is 2.66. The lowest BCUT2D eigenvalue weighted by Gasteiger charge is -2.40. The van der Waals surface area contributed by atoms with Gasteiger partial charge in [0.2, 0.25) is 5.28 Å². The summed E-state index contributed by atoms with van der Waals surface area (Å²) in [5.41, 5.74) is 2.68. The normalized spacial score (nSPS) is 28.7. The van der Waals surface area contributed by atoms with Gasteiger partial charge >= 0.3 is 5.97 Å². The molecule has 1 N–H and O–H groups in total. The summed E-state index contributed by atoms with van der Waals surface area (Å²) < 4.78 is 5.35. The molecule has 0 aromatic carbocycles. The van der Waals surface area contributed by atoms with Gasteiger partial charge in [0.05, 0.1) is 19.1 Å². The number of halogens is 1. The first-order valence-electron chi connectivity index (χ1n) is 9.03. The molecule has 0 amide bonds. The first kappa shape index (κ1) is 16.8. The van der Waals surface area contributed by atoms with E-state index < -0.39 is 0 Å². The Bertz CT molecular complexity index is 630. The molecule has 3 saturated carbocycles. The molecule has 8 heteroatoms. The number of anilines is 2. The standard InChI is InChI=1S/C17H23ClN4O3/c18-17-19-14(10-15(20-17)22-5-7-24-8-6-22)21-25-16(23)13-9-11-1-3-12(13)4-2-11/h10-13H,1-9H2,(H,19,20,21). The lowest BCUT2D eigenvalue weighted by Crippen LogP contribution is -2.37. The topological polar surface area (TPSA) is 76.6 Å². The second-order valence-electron chi connectivity index (χ2n) is 7.13. The van der Waals surface area contributed by atoms with Crippen LogP contribution in [0.3, 0.4) is 0 Å². The third kappa shape index (κ3) is 3.82. The van der Waals surface area contributed by atoms with Gasteiger partial charge in [-0.25, -0.2) is 15.3 Å². The third-order valence-electron chi connectivity index (χ3n) is 5.63. The van der Waals surface area contributed by atoms with Gasteiger partial charge in [-0.05, 0) is 42.7 Å². The third-order valence-corrected chi connectivity index (χ3v) is 5.80. The first-order chi connectivity index (χ1) is 12.2. The SMILES string of the molecule is O=C(ONc1cc(N2CCOCC2)nc(Cl)n1)C1CC2CCC1CC2. The number of carbonyl (C=O) groups is 1. The van der Waals surface area contributed by atoms with E-state index in [1.54, 1.807) is 6.07 Å². The zero-order valence-electron chi connectivity index (χ0n) is 14.1. The number of hydrogen-bond donors (Lipinski definition) is 1.